The third kappa shape index (κ3) is 1.48. The van der Waals surface area contributed by atoms with Crippen LogP contribution in [0.5, 0.6) is 0 Å². The highest BCUT2D eigenvalue weighted by atomic mass is 16.6. The topological polar surface area (TPSA) is 80.8 Å². The third-order valence-corrected chi connectivity index (χ3v) is 5.38. The molecule has 1 heterocycles. The van der Waals surface area contributed by atoms with Crippen LogP contribution in [0, 0.1) is 0 Å². The van der Waals surface area contributed by atoms with Crippen LogP contribution in [0.15, 0.2) is 35.4 Å². The number of Topliss-reactive ketones (excluding diaryl/α,β-unsaturated/α-hetero) is 4. The largest absolute Gasteiger partial charge is 0.335 e. The number of benzene rings is 1. The number of carbonyl (C=O) groups is 4. The third-order valence-electron chi connectivity index (χ3n) is 5.38. The second-order valence-electron chi connectivity index (χ2n) is 6.73. The number of fused-ring (bicyclic) bond motifs is 5. The minimum Gasteiger partial charge on any atom is -0.335 e. The summed E-state index contributed by atoms with van der Waals surface area (Å²) < 4.78 is 5.83. The predicted octanol–water partition coefficient (Wildman–Crippen LogP) is 2.08. The van der Waals surface area contributed by atoms with Crippen LogP contribution in [0.1, 0.15) is 38.8 Å². The zero-order chi connectivity index (χ0) is 18.3. The van der Waals surface area contributed by atoms with Gasteiger partial charge in [0.15, 0.2) is 34.3 Å². The summed E-state index contributed by atoms with van der Waals surface area (Å²) in [6, 6.07) is 7.33. The van der Waals surface area contributed by atoms with Gasteiger partial charge >= 0.3 is 0 Å². The van der Waals surface area contributed by atoms with Crippen molar-refractivity contribution in [3.05, 3.63) is 46.5 Å². The van der Waals surface area contributed by atoms with Crippen LogP contribution in [0.25, 0.3) is 11.1 Å². The fourth-order valence-electron chi connectivity index (χ4n) is 4.48. The Kier molecular flexibility index (Phi) is 2.85. The van der Waals surface area contributed by atoms with E-state index in [1.54, 1.807) is 0 Å². The SMILES string of the molecule is CC(=O)C1=C(C(C)=O)C2(C(C)=O)OC2(C(C)=O)C2=C1c1ccccc12. The summed E-state index contributed by atoms with van der Waals surface area (Å²) in [7, 11) is 0. The second kappa shape index (κ2) is 4.49. The molecule has 25 heavy (non-hydrogen) atoms. The predicted molar refractivity (Wildman–Crippen MR) is 89.6 cm³/mol. The highest BCUT2D eigenvalue weighted by molar-refractivity contribution is 6.35. The van der Waals surface area contributed by atoms with Gasteiger partial charge in [0.1, 0.15) is 0 Å². The Balaban J connectivity index is 2.16. The fourth-order valence-corrected chi connectivity index (χ4v) is 4.48. The molecule has 1 saturated heterocycles. The Morgan fingerprint density at radius 2 is 1.36 bits per heavy atom. The van der Waals surface area contributed by atoms with E-state index in [0.29, 0.717) is 11.1 Å². The van der Waals surface area contributed by atoms with Crippen molar-refractivity contribution in [1.82, 2.24) is 0 Å². The lowest BCUT2D eigenvalue weighted by Crippen LogP contribution is -2.47. The average molecular weight is 336 g/mol. The lowest BCUT2D eigenvalue weighted by Gasteiger charge is -2.37. The van der Waals surface area contributed by atoms with Crippen molar-refractivity contribution in [2.45, 2.75) is 38.9 Å². The van der Waals surface area contributed by atoms with E-state index in [4.69, 9.17) is 4.74 Å². The van der Waals surface area contributed by atoms with Crippen molar-refractivity contribution in [2.75, 3.05) is 0 Å². The maximum absolute atomic E-state index is 12.6. The monoisotopic (exact) mass is 336 g/mol. The maximum Gasteiger partial charge on any atom is 0.197 e. The molecule has 0 radical (unpaired) electrons. The van der Waals surface area contributed by atoms with Gasteiger partial charge in [0, 0.05) is 22.3 Å². The van der Waals surface area contributed by atoms with Crippen LogP contribution in [-0.4, -0.2) is 34.3 Å². The van der Waals surface area contributed by atoms with E-state index in [0.717, 1.165) is 11.1 Å². The molecule has 5 nitrogen and oxygen atoms in total. The van der Waals surface area contributed by atoms with Crippen molar-refractivity contribution in [3.8, 4) is 0 Å². The Morgan fingerprint density at radius 1 is 0.800 bits per heavy atom. The first kappa shape index (κ1) is 15.8. The van der Waals surface area contributed by atoms with Crippen molar-refractivity contribution in [3.63, 3.8) is 0 Å². The number of ketones is 4. The van der Waals surface area contributed by atoms with Crippen molar-refractivity contribution in [1.29, 1.82) is 0 Å². The molecular weight excluding hydrogens is 320 g/mol. The summed E-state index contributed by atoms with van der Waals surface area (Å²) >= 11 is 0. The van der Waals surface area contributed by atoms with Crippen molar-refractivity contribution in [2.24, 2.45) is 0 Å². The molecule has 5 heteroatoms. The van der Waals surface area contributed by atoms with Crippen LogP contribution < -0.4 is 0 Å². The molecule has 0 spiro atoms. The molecular formula is C20H16O5. The summed E-state index contributed by atoms with van der Waals surface area (Å²) in [5, 5.41) is 0. The lowest BCUT2D eigenvalue weighted by atomic mass is 9.59. The number of allylic oxidation sites excluding steroid dienone is 2. The molecule has 2 aliphatic carbocycles. The van der Waals surface area contributed by atoms with E-state index in [1.807, 2.05) is 24.3 Å². The van der Waals surface area contributed by atoms with Gasteiger partial charge in [-0.3, -0.25) is 19.2 Å². The zero-order valence-corrected chi connectivity index (χ0v) is 14.4. The van der Waals surface area contributed by atoms with Crippen LogP contribution in [-0.2, 0) is 23.9 Å². The van der Waals surface area contributed by atoms with E-state index in [1.165, 1.54) is 27.7 Å². The van der Waals surface area contributed by atoms with Gasteiger partial charge in [-0.25, -0.2) is 0 Å². The fraction of sp³-hybridized carbons (Fsp3) is 0.300. The molecule has 1 fully saturated rings. The molecule has 3 aliphatic rings. The maximum atomic E-state index is 12.6. The number of rotatable bonds is 4. The summed E-state index contributed by atoms with van der Waals surface area (Å²) in [5.74, 6) is -1.53. The number of carbonyl (C=O) groups excluding carboxylic acids is 4. The first-order valence-corrected chi connectivity index (χ1v) is 8.05. The molecule has 1 aromatic rings. The van der Waals surface area contributed by atoms with E-state index in [-0.39, 0.29) is 22.7 Å². The number of epoxide rings is 1. The van der Waals surface area contributed by atoms with Gasteiger partial charge in [0.25, 0.3) is 0 Å². The van der Waals surface area contributed by atoms with Crippen LogP contribution >= 0.6 is 0 Å². The molecule has 0 saturated carbocycles. The van der Waals surface area contributed by atoms with Gasteiger partial charge in [0.2, 0.25) is 0 Å². The van der Waals surface area contributed by atoms with E-state index in [9.17, 15) is 19.2 Å². The summed E-state index contributed by atoms with van der Waals surface area (Å²) in [5.41, 5.74) is -0.256. The molecule has 0 aromatic heterocycles. The Morgan fingerprint density at radius 3 is 1.84 bits per heavy atom. The molecule has 2 atom stereocenters. The average Bonchev–Trinajstić information content (AvgIpc) is 3.20. The van der Waals surface area contributed by atoms with Crippen molar-refractivity contribution < 1.29 is 23.9 Å². The Bertz CT molecular complexity index is 993. The van der Waals surface area contributed by atoms with Gasteiger partial charge in [-0.15, -0.1) is 0 Å². The normalized spacial score (nSPS) is 28.5. The minimum atomic E-state index is -1.68. The summed E-state index contributed by atoms with van der Waals surface area (Å²) in [4.78, 5) is 50.0. The van der Waals surface area contributed by atoms with Crippen LogP contribution in [0.2, 0.25) is 0 Å². The van der Waals surface area contributed by atoms with E-state index < -0.39 is 22.8 Å². The molecule has 126 valence electrons. The minimum absolute atomic E-state index is 0.0101. The molecule has 2 unspecified atom stereocenters. The van der Waals surface area contributed by atoms with Gasteiger partial charge in [-0.05, 0) is 38.8 Å². The summed E-state index contributed by atoms with van der Waals surface area (Å²) in [6.07, 6.45) is 0. The van der Waals surface area contributed by atoms with Gasteiger partial charge in [-0.1, -0.05) is 24.3 Å². The van der Waals surface area contributed by atoms with Crippen LogP contribution in [0.3, 0.4) is 0 Å². The van der Waals surface area contributed by atoms with Crippen molar-refractivity contribution >= 4 is 34.3 Å². The molecule has 4 rings (SSSR count). The molecule has 1 aromatic carbocycles. The number of ether oxygens (including phenoxy) is 1. The van der Waals surface area contributed by atoms with Gasteiger partial charge in [-0.2, -0.15) is 0 Å². The highest BCUT2D eigenvalue weighted by Crippen LogP contribution is 2.70. The first-order chi connectivity index (χ1) is 11.7. The lowest BCUT2D eigenvalue weighted by molar-refractivity contribution is -0.124. The highest BCUT2D eigenvalue weighted by Gasteiger charge is 2.83. The second-order valence-corrected chi connectivity index (χ2v) is 6.73. The first-order valence-electron chi connectivity index (χ1n) is 8.05. The number of hydrogen-bond acceptors (Lipinski definition) is 5. The van der Waals surface area contributed by atoms with Crippen LogP contribution in [0.4, 0.5) is 0 Å². The van der Waals surface area contributed by atoms with Gasteiger partial charge in [0.05, 0.1) is 0 Å². The quantitative estimate of drug-likeness (QED) is 0.787. The smallest absolute Gasteiger partial charge is 0.197 e. The molecule has 0 bridgehead atoms. The van der Waals surface area contributed by atoms with E-state index >= 15 is 0 Å². The summed E-state index contributed by atoms with van der Waals surface area (Å²) in [6.45, 7) is 5.31. The zero-order valence-electron chi connectivity index (χ0n) is 14.4. The molecule has 0 amide bonds. The van der Waals surface area contributed by atoms with Gasteiger partial charge < -0.3 is 4.74 Å². The molecule has 1 aliphatic heterocycles. The number of hydrogen-bond donors (Lipinski definition) is 0. The Labute approximate surface area is 144 Å². The molecule has 0 N–H and O–H groups in total. The Hall–Kier alpha value is -2.66. The van der Waals surface area contributed by atoms with E-state index in [2.05, 4.69) is 0 Å². The standard InChI is InChI=1S/C20H16O5/c1-9(21)15-16-13-7-5-6-8-14(13)18(16)20(12(4)24)19(25-20,11(3)23)17(15)10(2)22/h5-8H,1-4H3.